The van der Waals surface area contributed by atoms with Gasteiger partial charge < -0.3 is 9.47 Å². The first-order valence-electron chi connectivity index (χ1n) is 5.47. The van der Waals surface area contributed by atoms with E-state index >= 15 is 0 Å². The van der Waals surface area contributed by atoms with Gasteiger partial charge in [0.15, 0.2) is 6.10 Å². The summed E-state index contributed by atoms with van der Waals surface area (Å²) >= 11 is 0. The van der Waals surface area contributed by atoms with Crippen LogP contribution < -0.4 is 0 Å². The van der Waals surface area contributed by atoms with Crippen molar-refractivity contribution in [2.45, 2.75) is 39.9 Å². The Morgan fingerprint density at radius 1 is 1.38 bits per heavy atom. The van der Waals surface area contributed by atoms with Crippen molar-refractivity contribution in [3.63, 3.8) is 0 Å². The maximum absolute atomic E-state index is 11.7. The maximum Gasteiger partial charge on any atom is 0.336 e. The maximum atomic E-state index is 11.7. The lowest BCUT2D eigenvalue weighted by Crippen LogP contribution is -2.34. The van der Waals surface area contributed by atoms with E-state index < -0.39 is 6.10 Å². The summed E-state index contributed by atoms with van der Waals surface area (Å²) in [5, 5.41) is 0. The van der Waals surface area contributed by atoms with E-state index in [1.807, 2.05) is 27.7 Å². The third-order valence-electron chi connectivity index (χ3n) is 1.94. The smallest absolute Gasteiger partial charge is 0.336 e. The van der Waals surface area contributed by atoms with E-state index in [4.69, 9.17) is 9.47 Å². The van der Waals surface area contributed by atoms with Crippen molar-refractivity contribution in [1.82, 2.24) is 0 Å². The average molecular weight is 226 g/mol. The first-order valence-corrected chi connectivity index (χ1v) is 5.47. The first kappa shape index (κ1) is 14.9. The zero-order valence-corrected chi connectivity index (χ0v) is 10.7. The molecule has 0 bridgehead atoms. The van der Waals surface area contributed by atoms with Crippen LogP contribution in [0.2, 0.25) is 0 Å². The molecule has 0 heterocycles. The Labute approximate surface area is 98.1 Å². The minimum absolute atomic E-state index is 0.0781. The van der Waals surface area contributed by atoms with Crippen molar-refractivity contribution >= 4 is 5.97 Å². The summed E-state index contributed by atoms with van der Waals surface area (Å²) in [6.45, 7) is 15.1. The second-order valence-corrected chi connectivity index (χ2v) is 4.27. The van der Waals surface area contributed by atoms with Crippen LogP contribution in [0.3, 0.4) is 0 Å². The Morgan fingerprint density at radius 3 is 2.31 bits per heavy atom. The minimum atomic E-state index is -0.600. The highest BCUT2D eigenvalue weighted by Gasteiger charge is 2.26. The van der Waals surface area contributed by atoms with Gasteiger partial charge in [-0.1, -0.05) is 25.2 Å². The van der Waals surface area contributed by atoms with E-state index in [0.717, 1.165) is 5.57 Å². The van der Waals surface area contributed by atoms with Crippen molar-refractivity contribution < 1.29 is 14.3 Å². The van der Waals surface area contributed by atoms with Crippen molar-refractivity contribution in [2.24, 2.45) is 5.92 Å². The van der Waals surface area contributed by atoms with Gasteiger partial charge in [0.2, 0.25) is 0 Å². The Balaban J connectivity index is 4.46. The Kier molecular flexibility index (Phi) is 6.74. The molecule has 16 heavy (non-hydrogen) atoms. The Morgan fingerprint density at radius 2 is 1.94 bits per heavy atom. The molecule has 0 amide bonds. The number of rotatable bonds is 7. The normalized spacial score (nSPS) is 14.3. The van der Waals surface area contributed by atoms with Gasteiger partial charge in [0.05, 0.1) is 12.7 Å². The van der Waals surface area contributed by atoms with Gasteiger partial charge in [0, 0.05) is 5.92 Å². The fourth-order valence-corrected chi connectivity index (χ4v) is 1.09. The second kappa shape index (κ2) is 7.23. The average Bonchev–Trinajstić information content (AvgIpc) is 2.15. The van der Waals surface area contributed by atoms with Crippen molar-refractivity contribution in [3.05, 3.63) is 24.8 Å². The van der Waals surface area contributed by atoms with Gasteiger partial charge in [-0.05, 0) is 20.8 Å². The highest BCUT2D eigenvalue weighted by molar-refractivity contribution is 5.75. The van der Waals surface area contributed by atoms with Gasteiger partial charge in [-0.15, -0.1) is 6.58 Å². The fourth-order valence-electron chi connectivity index (χ4n) is 1.09. The van der Waals surface area contributed by atoms with E-state index in [0.29, 0.717) is 6.61 Å². The van der Waals surface area contributed by atoms with Gasteiger partial charge in [0.1, 0.15) is 0 Å². The molecule has 92 valence electrons. The molecule has 0 rings (SSSR count). The molecular weight excluding hydrogens is 204 g/mol. The summed E-state index contributed by atoms with van der Waals surface area (Å²) in [6, 6.07) is 0. The molecular formula is C13H22O3. The lowest BCUT2D eigenvalue weighted by molar-refractivity contribution is -0.162. The van der Waals surface area contributed by atoms with Crippen LogP contribution in [0.25, 0.3) is 0 Å². The second-order valence-electron chi connectivity index (χ2n) is 4.27. The van der Waals surface area contributed by atoms with Crippen LogP contribution in [0.1, 0.15) is 27.7 Å². The summed E-state index contributed by atoms with van der Waals surface area (Å²) in [5.74, 6) is -0.422. The van der Waals surface area contributed by atoms with E-state index in [-0.39, 0.29) is 18.0 Å². The molecule has 0 saturated heterocycles. The molecule has 2 atom stereocenters. The van der Waals surface area contributed by atoms with Gasteiger partial charge >= 0.3 is 5.97 Å². The summed E-state index contributed by atoms with van der Waals surface area (Å²) in [4.78, 5) is 11.7. The molecule has 0 N–H and O–H groups in total. The molecule has 0 aliphatic carbocycles. The highest BCUT2D eigenvalue weighted by atomic mass is 16.6. The zero-order chi connectivity index (χ0) is 12.7. The quantitative estimate of drug-likeness (QED) is 0.494. The summed E-state index contributed by atoms with van der Waals surface area (Å²) in [7, 11) is 0. The third-order valence-corrected chi connectivity index (χ3v) is 1.94. The molecule has 3 nitrogen and oxygen atoms in total. The van der Waals surface area contributed by atoms with Crippen LogP contribution in [-0.4, -0.2) is 24.8 Å². The standard InChI is InChI=1S/C13H22O3/c1-7-11(6)12(15-8-9(2)3)13(14)16-10(4)5/h7,10-12H,1-2,8H2,3-6H3/t11-,12+/m1/s1. The molecule has 0 aliphatic heterocycles. The first-order chi connectivity index (χ1) is 7.38. The molecule has 0 unspecified atom stereocenters. The van der Waals surface area contributed by atoms with Gasteiger partial charge in [0.25, 0.3) is 0 Å². The van der Waals surface area contributed by atoms with Crippen LogP contribution in [-0.2, 0) is 14.3 Å². The van der Waals surface area contributed by atoms with Crippen LogP contribution in [0.15, 0.2) is 24.8 Å². The highest BCUT2D eigenvalue weighted by Crippen LogP contribution is 2.12. The largest absolute Gasteiger partial charge is 0.461 e. The summed E-state index contributed by atoms with van der Waals surface area (Å²) in [5.41, 5.74) is 0.874. The lowest BCUT2D eigenvalue weighted by Gasteiger charge is -2.21. The van der Waals surface area contributed by atoms with E-state index in [9.17, 15) is 4.79 Å². The number of esters is 1. The monoisotopic (exact) mass is 226 g/mol. The number of hydrogen-bond donors (Lipinski definition) is 0. The van der Waals surface area contributed by atoms with E-state index in [1.54, 1.807) is 6.08 Å². The van der Waals surface area contributed by atoms with Crippen LogP contribution in [0, 0.1) is 5.92 Å². The minimum Gasteiger partial charge on any atom is -0.461 e. The molecule has 0 aromatic rings. The van der Waals surface area contributed by atoms with Crippen molar-refractivity contribution in [2.75, 3.05) is 6.61 Å². The molecule has 0 aromatic heterocycles. The molecule has 3 heteroatoms. The molecule has 0 aromatic carbocycles. The predicted octanol–water partition coefficient (Wildman–Crippen LogP) is 2.72. The number of carbonyl (C=O) groups excluding carboxylic acids is 1. The Bertz CT molecular complexity index is 256. The van der Waals surface area contributed by atoms with Gasteiger partial charge in [-0.3, -0.25) is 0 Å². The van der Waals surface area contributed by atoms with Crippen molar-refractivity contribution in [3.8, 4) is 0 Å². The Hall–Kier alpha value is -1.09. The summed E-state index contributed by atoms with van der Waals surface area (Å²) < 4.78 is 10.6. The number of hydrogen-bond acceptors (Lipinski definition) is 3. The van der Waals surface area contributed by atoms with Crippen LogP contribution in [0.5, 0.6) is 0 Å². The summed E-state index contributed by atoms with van der Waals surface area (Å²) in [6.07, 6.45) is 0.946. The zero-order valence-electron chi connectivity index (χ0n) is 10.7. The predicted molar refractivity (Wildman–Crippen MR) is 65.1 cm³/mol. The van der Waals surface area contributed by atoms with Gasteiger partial charge in [-0.2, -0.15) is 0 Å². The van der Waals surface area contributed by atoms with E-state index in [2.05, 4.69) is 13.2 Å². The molecule has 0 radical (unpaired) electrons. The topological polar surface area (TPSA) is 35.5 Å². The number of ether oxygens (including phenoxy) is 2. The van der Waals surface area contributed by atoms with E-state index in [1.165, 1.54) is 0 Å². The SMILES string of the molecule is C=C[C@@H](C)[C@H](OCC(=C)C)C(=O)OC(C)C. The molecule has 0 spiro atoms. The fraction of sp³-hybridized carbons (Fsp3) is 0.615. The van der Waals surface area contributed by atoms with Crippen LogP contribution >= 0.6 is 0 Å². The van der Waals surface area contributed by atoms with Crippen LogP contribution in [0.4, 0.5) is 0 Å². The van der Waals surface area contributed by atoms with Crippen molar-refractivity contribution in [1.29, 1.82) is 0 Å². The molecule has 0 saturated carbocycles. The lowest BCUT2D eigenvalue weighted by atomic mass is 10.1. The van der Waals surface area contributed by atoms with Gasteiger partial charge in [-0.25, -0.2) is 4.79 Å². The third kappa shape index (κ3) is 5.71. The number of carbonyl (C=O) groups is 1. The molecule has 0 aliphatic rings. The molecule has 0 fully saturated rings.